The predicted molar refractivity (Wildman–Crippen MR) is 154 cm³/mol. The molecule has 38 heavy (non-hydrogen) atoms. The van der Waals surface area contributed by atoms with Crippen LogP contribution in [0.4, 0.5) is 0 Å². The highest BCUT2D eigenvalue weighted by Crippen LogP contribution is 2.35. The van der Waals surface area contributed by atoms with E-state index >= 15 is 0 Å². The third kappa shape index (κ3) is 5.53. The molecular weight excluding hydrogens is 494 g/mol. The number of carbonyl (C=O) groups excluding carboxylic acids is 1. The molecule has 0 fully saturated rings. The quantitative estimate of drug-likeness (QED) is 0.169. The van der Waals surface area contributed by atoms with E-state index in [9.17, 15) is 4.79 Å². The summed E-state index contributed by atoms with van der Waals surface area (Å²) in [6.07, 6.45) is 1.69. The van der Waals surface area contributed by atoms with Crippen molar-refractivity contribution in [3.05, 3.63) is 131 Å². The number of halogens is 1. The number of carbonyl (C=O) groups is 1. The minimum Gasteiger partial charge on any atom is -0.494 e. The molecule has 0 bridgehead atoms. The Hall–Kier alpha value is -4.61. The van der Waals surface area contributed by atoms with Crippen molar-refractivity contribution >= 4 is 23.7 Å². The van der Waals surface area contributed by atoms with Crippen molar-refractivity contribution in [1.29, 1.82) is 0 Å². The first-order valence-electron chi connectivity index (χ1n) is 12.3. The Morgan fingerprint density at radius 3 is 2.13 bits per heavy atom. The smallest absolute Gasteiger partial charge is 0.271 e. The Kier molecular flexibility index (Phi) is 7.67. The van der Waals surface area contributed by atoms with Crippen LogP contribution in [0, 0.1) is 0 Å². The molecule has 0 aliphatic rings. The van der Waals surface area contributed by atoms with E-state index in [1.807, 2.05) is 67.6 Å². The maximum absolute atomic E-state index is 12.6. The molecule has 0 spiro atoms. The molecule has 5 rings (SSSR count). The highest BCUT2D eigenvalue weighted by Gasteiger charge is 2.19. The predicted octanol–water partition coefficient (Wildman–Crippen LogP) is 7.63. The third-order valence-electron chi connectivity index (χ3n) is 6.03. The van der Waals surface area contributed by atoms with Crippen molar-refractivity contribution in [2.75, 3.05) is 6.61 Å². The SMILES string of the molecule is CCOc1ccc(-n2c(-c3ccccc3)cc(/C=N\NC(=O)c3ccc(Cl)cc3)c2-c2ccccc2)cc1. The number of hydrazone groups is 1. The van der Waals surface area contributed by atoms with E-state index in [2.05, 4.69) is 45.4 Å². The van der Waals surface area contributed by atoms with E-state index in [4.69, 9.17) is 16.3 Å². The fourth-order valence-electron chi connectivity index (χ4n) is 4.29. The number of amides is 1. The molecular formula is C32H26ClN3O2. The molecule has 5 nitrogen and oxygen atoms in total. The molecule has 1 aromatic heterocycles. The van der Waals surface area contributed by atoms with Gasteiger partial charge in [-0.15, -0.1) is 0 Å². The van der Waals surface area contributed by atoms with Gasteiger partial charge in [-0.3, -0.25) is 4.79 Å². The van der Waals surface area contributed by atoms with Crippen molar-refractivity contribution in [1.82, 2.24) is 9.99 Å². The summed E-state index contributed by atoms with van der Waals surface area (Å²) in [6, 6.07) is 37.2. The average Bonchev–Trinajstić information content (AvgIpc) is 3.34. The summed E-state index contributed by atoms with van der Waals surface area (Å²) < 4.78 is 7.88. The first-order chi connectivity index (χ1) is 18.6. The molecule has 6 heteroatoms. The van der Waals surface area contributed by atoms with Crippen LogP contribution in [0.3, 0.4) is 0 Å². The van der Waals surface area contributed by atoms with Gasteiger partial charge in [0.1, 0.15) is 5.75 Å². The van der Waals surface area contributed by atoms with E-state index in [-0.39, 0.29) is 5.91 Å². The minimum atomic E-state index is -0.312. The second-order valence-electron chi connectivity index (χ2n) is 8.53. The van der Waals surface area contributed by atoms with Gasteiger partial charge >= 0.3 is 0 Å². The van der Waals surface area contributed by atoms with Gasteiger partial charge in [0.05, 0.1) is 24.2 Å². The molecule has 0 aliphatic heterocycles. The van der Waals surface area contributed by atoms with Crippen LogP contribution in [0.1, 0.15) is 22.8 Å². The van der Waals surface area contributed by atoms with Crippen LogP contribution in [0.5, 0.6) is 5.75 Å². The number of hydrogen-bond donors (Lipinski definition) is 1. The van der Waals surface area contributed by atoms with Crippen LogP contribution in [0.2, 0.25) is 5.02 Å². The normalized spacial score (nSPS) is 11.0. The molecule has 4 aromatic carbocycles. The molecule has 0 atom stereocenters. The zero-order valence-corrected chi connectivity index (χ0v) is 21.6. The molecule has 1 heterocycles. The Bertz CT molecular complexity index is 1540. The maximum Gasteiger partial charge on any atom is 0.271 e. The van der Waals surface area contributed by atoms with E-state index in [1.165, 1.54) is 0 Å². The van der Waals surface area contributed by atoms with E-state index in [0.29, 0.717) is 17.2 Å². The third-order valence-corrected chi connectivity index (χ3v) is 6.28. The lowest BCUT2D eigenvalue weighted by Gasteiger charge is -2.15. The van der Waals surface area contributed by atoms with Crippen LogP contribution in [-0.2, 0) is 0 Å². The highest BCUT2D eigenvalue weighted by molar-refractivity contribution is 6.30. The zero-order chi connectivity index (χ0) is 26.3. The molecule has 5 aromatic rings. The first kappa shape index (κ1) is 25.1. The molecule has 1 amide bonds. The summed E-state index contributed by atoms with van der Waals surface area (Å²) in [6.45, 7) is 2.58. The summed E-state index contributed by atoms with van der Waals surface area (Å²) in [7, 11) is 0. The van der Waals surface area contributed by atoms with E-state index in [0.717, 1.165) is 39.5 Å². The van der Waals surface area contributed by atoms with Crippen molar-refractivity contribution < 1.29 is 9.53 Å². The van der Waals surface area contributed by atoms with Crippen LogP contribution in [-0.4, -0.2) is 23.3 Å². The second kappa shape index (κ2) is 11.6. The number of nitrogens with zero attached hydrogens (tertiary/aromatic N) is 2. The number of benzene rings is 4. The molecule has 1 N–H and O–H groups in total. The van der Waals surface area contributed by atoms with Crippen molar-refractivity contribution in [2.24, 2.45) is 5.10 Å². The topological polar surface area (TPSA) is 55.6 Å². The van der Waals surface area contributed by atoms with Crippen LogP contribution in [0.25, 0.3) is 28.2 Å². The monoisotopic (exact) mass is 519 g/mol. The number of hydrogen-bond acceptors (Lipinski definition) is 3. The highest BCUT2D eigenvalue weighted by atomic mass is 35.5. The molecule has 0 aliphatic carbocycles. The zero-order valence-electron chi connectivity index (χ0n) is 20.8. The molecule has 0 radical (unpaired) electrons. The minimum absolute atomic E-state index is 0.312. The van der Waals surface area contributed by atoms with Gasteiger partial charge in [0.2, 0.25) is 0 Å². The van der Waals surface area contributed by atoms with E-state index in [1.54, 1.807) is 30.5 Å². The summed E-state index contributed by atoms with van der Waals surface area (Å²) in [5.41, 5.74) is 9.00. The summed E-state index contributed by atoms with van der Waals surface area (Å²) in [4.78, 5) is 12.6. The van der Waals surface area contributed by atoms with Crippen LogP contribution < -0.4 is 10.2 Å². The fraction of sp³-hybridized carbons (Fsp3) is 0.0625. The Labute approximate surface area is 227 Å². The fourth-order valence-corrected chi connectivity index (χ4v) is 4.42. The molecule has 0 saturated carbocycles. The van der Waals surface area contributed by atoms with Crippen LogP contribution in [0.15, 0.2) is 120 Å². The second-order valence-corrected chi connectivity index (χ2v) is 8.97. The standard InChI is InChI=1S/C32H26ClN3O2/c1-2-38-29-19-17-28(18-20-29)36-30(23-9-5-3-6-10-23)21-26(31(36)24-11-7-4-8-12-24)22-34-35-32(37)25-13-15-27(33)16-14-25/h3-22H,2H2,1H3,(H,35,37)/b34-22-. The van der Waals surface area contributed by atoms with Gasteiger partial charge in [0, 0.05) is 21.8 Å². The van der Waals surface area contributed by atoms with Gasteiger partial charge in [0.25, 0.3) is 5.91 Å². The number of aromatic nitrogens is 1. The molecule has 0 unspecified atom stereocenters. The first-order valence-corrected chi connectivity index (χ1v) is 12.7. The lowest BCUT2D eigenvalue weighted by atomic mass is 10.1. The molecule has 0 saturated heterocycles. The lowest BCUT2D eigenvalue weighted by molar-refractivity contribution is 0.0955. The summed E-state index contributed by atoms with van der Waals surface area (Å²) in [5, 5.41) is 4.89. The van der Waals surface area contributed by atoms with Gasteiger partial charge < -0.3 is 9.30 Å². The van der Waals surface area contributed by atoms with Crippen molar-refractivity contribution in [3.63, 3.8) is 0 Å². The Balaban J connectivity index is 1.61. The Morgan fingerprint density at radius 1 is 0.868 bits per heavy atom. The maximum atomic E-state index is 12.6. The average molecular weight is 520 g/mol. The summed E-state index contributed by atoms with van der Waals surface area (Å²) >= 11 is 5.95. The lowest BCUT2D eigenvalue weighted by Crippen LogP contribution is -2.17. The Morgan fingerprint density at radius 2 is 1.50 bits per heavy atom. The van der Waals surface area contributed by atoms with Gasteiger partial charge in [0.15, 0.2) is 0 Å². The largest absolute Gasteiger partial charge is 0.494 e. The molecule has 188 valence electrons. The van der Waals surface area contributed by atoms with Gasteiger partial charge in [-0.05, 0) is 72.6 Å². The van der Waals surface area contributed by atoms with Crippen molar-refractivity contribution in [3.8, 4) is 34.0 Å². The van der Waals surface area contributed by atoms with Crippen LogP contribution >= 0.6 is 11.6 Å². The van der Waals surface area contributed by atoms with Gasteiger partial charge in [-0.2, -0.15) is 5.10 Å². The summed E-state index contributed by atoms with van der Waals surface area (Å²) in [5.74, 6) is 0.506. The number of rotatable bonds is 8. The number of ether oxygens (including phenoxy) is 1. The van der Waals surface area contributed by atoms with E-state index < -0.39 is 0 Å². The van der Waals surface area contributed by atoms with Gasteiger partial charge in [-0.25, -0.2) is 5.43 Å². The van der Waals surface area contributed by atoms with Crippen molar-refractivity contribution in [2.45, 2.75) is 6.92 Å². The number of nitrogens with one attached hydrogen (secondary N) is 1. The van der Waals surface area contributed by atoms with Gasteiger partial charge in [-0.1, -0.05) is 72.3 Å².